The Balaban J connectivity index is 0.00000242. The molecule has 22 heavy (non-hydrogen) atoms. The average Bonchev–Trinajstić information content (AvgIpc) is 2.96. The Kier molecular flexibility index (Phi) is 6.75. The molecule has 1 saturated heterocycles. The van der Waals surface area contributed by atoms with Crippen LogP contribution < -0.4 is 10.0 Å². The third-order valence-electron chi connectivity index (χ3n) is 3.53. The topological polar surface area (TPSA) is 97.4 Å². The molecule has 2 heterocycles. The minimum absolute atomic E-state index is 0. The SMILES string of the molecule is COC(=O)c1ncsc1S(=O)(=O)NCC1(C)CCCNC1.Cl. The Morgan fingerprint density at radius 2 is 2.32 bits per heavy atom. The molecule has 126 valence electrons. The molecule has 1 aromatic rings. The summed E-state index contributed by atoms with van der Waals surface area (Å²) in [7, 11) is -2.57. The summed E-state index contributed by atoms with van der Waals surface area (Å²) in [6.45, 7) is 4.09. The molecule has 2 N–H and O–H groups in total. The summed E-state index contributed by atoms with van der Waals surface area (Å²) in [5.41, 5.74) is 1.04. The van der Waals surface area contributed by atoms with Gasteiger partial charge in [-0.1, -0.05) is 6.92 Å². The number of carbonyl (C=O) groups is 1. The second-order valence-electron chi connectivity index (χ2n) is 5.40. The molecule has 1 aromatic heterocycles. The largest absolute Gasteiger partial charge is 0.464 e. The minimum Gasteiger partial charge on any atom is -0.464 e. The van der Waals surface area contributed by atoms with Gasteiger partial charge in [0.1, 0.15) is 0 Å². The standard InChI is InChI=1S/C12H19N3O4S2.ClH/c1-12(4-3-5-13-6-12)7-15-21(17,18)11-9(10(16)19-2)14-8-20-11;/h8,13,15H,3-7H2,1-2H3;1H. The van der Waals surface area contributed by atoms with E-state index in [2.05, 4.69) is 19.8 Å². The van der Waals surface area contributed by atoms with Gasteiger partial charge >= 0.3 is 5.97 Å². The summed E-state index contributed by atoms with van der Waals surface area (Å²) < 4.78 is 31.7. The lowest BCUT2D eigenvalue weighted by atomic mass is 9.83. The first-order valence-corrected chi connectivity index (χ1v) is 8.96. The molecule has 0 aliphatic carbocycles. The summed E-state index contributed by atoms with van der Waals surface area (Å²) >= 11 is 0.908. The molecule has 1 fully saturated rings. The second kappa shape index (κ2) is 7.69. The number of carbonyl (C=O) groups excluding carboxylic acids is 1. The molecular formula is C12H20ClN3O4S2. The third kappa shape index (κ3) is 4.39. The number of sulfonamides is 1. The summed E-state index contributed by atoms with van der Waals surface area (Å²) in [5, 5.41) is 3.27. The van der Waals surface area contributed by atoms with E-state index in [1.807, 2.05) is 6.92 Å². The van der Waals surface area contributed by atoms with Crippen LogP contribution in [-0.4, -0.2) is 46.1 Å². The van der Waals surface area contributed by atoms with Crippen molar-refractivity contribution in [3.05, 3.63) is 11.2 Å². The van der Waals surface area contributed by atoms with Gasteiger partial charge in [0.15, 0.2) is 9.90 Å². The first kappa shape index (κ1) is 19.3. The molecule has 0 amide bonds. The van der Waals surface area contributed by atoms with Crippen molar-refractivity contribution in [2.75, 3.05) is 26.7 Å². The highest BCUT2D eigenvalue weighted by atomic mass is 35.5. The molecule has 1 atom stereocenters. The van der Waals surface area contributed by atoms with Crippen LogP contribution in [0.3, 0.4) is 0 Å². The van der Waals surface area contributed by atoms with Crippen LogP contribution in [-0.2, 0) is 14.8 Å². The molecular weight excluding hydrogens is 350 g/mol. The van der Waals surface area contributed by atoms with Crippen molar-refractivity contribution >= 4 is 39.7 Å². The molecule has 1 aliphatic heterocycles. The molecule has 1 aliphatic rings. The van der Waals surface area contributed by atoms with Gasteiger partial charge in [-0.3, -0.25) is 0 Å². The van der Waals surface area contributed by atoms with Gasteiger partial charge in [0, 0.05) is 13.1 Å². The Morgan fingerprint density at radius 1 is 1.59 bits per heavy atom. The number of hydrogen-bond donors (Lipinski definition) is 2. The molecule has 0 spiro atoms. The fraction of sp³-hybridized carbons (Fsp3) is 0.667. The summed E-state index contributed by atoms with van der Waals surface area (Å²) in [6.07, 6.45) is 1.97. The molecule has 0 radical (unpaired) electrons. The van der Waals surface area contributed by atoms with E-state index >= 15 is 0 Å². The van der Waals surface area contributed by atoms with Crippen molar-refractivity contribution in [2.45, 2.75) is 24.0 Å². The number of hydrogen-bond acceptors (Lipinski definition) is 7. The maximum atomic E-state index is 12.4. The number of nitrogens with zero attached hydrogens (tertiary/aromatic N) is 1. The molecule has 10 heteroatoms. The van der Waals surface area contributed by atoms with Crippen LogP contribution >= 0.6 is 23.7 Å². The van der Waals surface area contributed by atoms with Gasteiger partial charge in [0.25, 0.3) is 10.0 Å². The zero-order valence-electron chi connectivity index (χ0n) is 12.4. The van der Waals surface area contributed by atoms with E-state index in [4.69, 9.17) is 0 Å². The van der Waals surface area contributed by atoms with Crippen molar-refractivity contribution < 1.29 is 17.9 Å². The number of methoxy groups -OCH3 is 1. The van der Waals surface area contributed by atoms with Gasteiger partial charge in [-0.25, -0.2) is 22.9 Å². The minimum atomic E-state index is -3.76. The maximum absolute atomic E-state index is 12.4. The lowest BCUT2D eigenvalue weighted by Crippen LogP contribution is -2.45. The lowest BCUT2D eigenvalue weighted by Gasteiger charge is -2.34. The van der Waals surface area contributed by atoms with Crippen molar-refractivity contribution in [2.24, 2.45) is 5.41 Å². The quantitative estimate of drug-likeness (QED) is 0.752. The lowest BCUT2D eigenvalue weighted by molar-refractivity contribution is 0.0590. The summed E-state index contributed by atoms with van der Waals surface area (Å²) in [5.74, 6) is -0.748. The molecule has 1 unspecified atom stereocenters. The maximum Gasteiger partial charge on any atom is 0.358 e. The highest BCUT2D eigenvalue weighted by Gasteiger charge is 2.31. The van der Waals surface area contributed by atoms with Crippen LogP contribution in [0, 0.1) is 5.41 Å². The summed E-state index contributed by atoms with van der Waals surface area (Å²) in [4.78, 5) is 15.3. The number of rotatable bonds is 5. The number of esters is 1. The van der Waals surface area contributed by atoms with Crippen LogP contribution in [0.15, 0.2) is 9.72 Å². The third-order valence-corrected chi connectivity index (χ3v) is 6.30. The normalized spacial score (nSPS) is 21.9. The van der Waals surface area contributed by atoms with Gasteiger partial charge in [-0.2, -0.15) is 0 Å². The second-order valence-corrected chi connectivity index (χ2v) is 8.21. The van der Waals surface area contributed by atoms with Gasteiger partial charge in [0.2, 0.25) is 0 Å². The van der Waals surface area contributed by atoms with E-state index in [1.165, 1.54) is 12.6 Å². The van der Waals surface area contributed by atoms with Crippen LogP contribution in [0.4, 0.5) is 0 Å². The van der Waals surface area contributed by atoms with E-state index in [0.29, 0.717) is 6.54 Å². The first-order chi connectivity index (χ1) is 9.88. The smallest absolute Gasteiger partial charge is 0.358 e. The summed E-state index contributed by atoms with van der Waals surface area (Å²) in [6, 6.07) is 0. The van der Waals surface area contributed by atoms with E-state index in [0.717, 1.165) is 37.3 Å². The zero-order chi connectivity index (χ0) is 15.5. The van der Waals surface area contributed by atoms with Crippen molar-refractivity contribution in [1.29, 1.82) is 0 Å². The Labute approximate surface area is 140 Å². The van der Waals surface area contributed by atoms with Crippen molar-refractivity contribution in [3.8, 4) is 0 Å². The van der Waals surface area contributed by atoms with Gasteiger partial charge in [-0.05, 0) is 24.8 Å². The van der Waals surface area contributed by atoms with Gasteiger partial charge in [0.05, 0.1) is 12.6 Å². The van der Waals surface area contributed by atoms with Gasteiger partial charge < -0.3 is 10.1 Å². The highest BCUT2D eigenvalue weighted by Crippen LogP contribution is 2.26. The van der Waals surface area contributed by atoms with E-state index in [1.54, 1.807) is 0 Å². The Hall–Kier alpha value is -0.740. The number of nitrogens with one attached hydrogen (secondary N) is 2. The predicted molar refractivity (Wildman–Crippen MR) is 86.1 cm³/mol. The monoisotopic (exact) mass is 369 g/mol. The number of halogens is 1. The van der Waals surface area contributed by atoms with Crippen LogP contribution in [0.5, 0.6) is 0 Å². The van der Waals surface area contributed by atoms with Gasteiger partial charge in [-0.15, -0.1) is 23.7 Å². The number of ether oxygens (including phenoxy) is 1. The van der Waals surface area contributed by atoms with E-state index < -0.39 is 16.0 Å². The molecule has 2 rings (SSSR count). The molecule has 0 aromatic carbocycles. The zero-order valence-corrected chi connectivity index (χ0v) is 14.9. The van der Waals surface area contributed by atoms with Crippen LogP contribution in [0.2, 0.25) is 0 Å². The van der Waals surface area contributed by atoms with Crippen molar-refractivity contribution in [3.63, 3.8) is 0 Å². The average molecular weight is 370 g/mol. The molecule has 0 bridgehead atoms. The number of piperidine rings is 1. The highest BCUT2D eigenvalue weighted by molar-refractivity contribution is 7.91. The Morgan fingerprint density at radius 3 is 2.91 bits per heavy atom. The van der Waals surface area contributed by atoms with Crippen LogP contribution in [0.1, 0.15) is 30.3 Å². The predicted octanol–water partition coefficient (Wildman–Crippen LogP) is 1.02. The fourth-order valence-electron chi connectivity index (χ4n) is 2.26. The van der Waals surface area contributed by atoms with E-state index in [9.17, 15) is 13.2 Å². The molecule has 0 saturated carbocycles. The first-order valence-electron chi connectivity index (χ1n) is 6.60. The Bertz CT molecular complexity index is 612. The fourth-order valence-corrected chi connectivity index (χ4v) is 4.64. The van der Waals surface area contributed by atoms with E-state index in [-0.39, 0.29) is 27.7 Å². The number of aromatic nitrogens is 1. The molecule has 7 nitrogen and oxygen atoms in total. The number of thiazole rings is 1. The van der Waals surface area contributed by atoms with Crippen molar-refractivity contribution in [1.82, 2.24) is 15.0 Å². The van der Waals surface area contributed by atoms with Crippen LogP contribution in [0.25, 0.3) is 0 Å².